The minimum absolute atomic E-state index is 0. The Balaban J connectivity index is -0.000000149. The SMILES string of the molecule is CC.[NH-]CCNC(N)=O.[Y]. The zero-order valence-electron chi connectivity index (χ0n) is 6.48. The molecule has 0 aliphatic heterocycles. The van der Waals surface area contributed by atoms with Gasteiger partial charge in [-0.05, 0) is 0 Å². The molecule has 59 valence electrons. The zero-order chi connectivity index (χ0) is 7.70. The summed E-state index contributed by atoms with van der Waals surface area (Å²) in [4.78, 5) is 9.79. The van der Waals surface area contributed by atoms with Gasteiger partial charge in [-0.1, -0.05) is 13.8 Å². The summed E-state index contributed by atoms with van der Waals surface area (Å²) in [5.41, 5.74) is 11.2. The number of amides is 2. The van der Waals surface area contributed by atoms with Crippen LogP contribution in [0, 0.1) is 0 Å². The first-order chi connectivity index (χ1) is 4.27. The summed E-state index contributed by atoms with van der Waals surface area (Å²) in [5.74, 6) is 0. The molecule has 0 aliphatic rings. The van der Waals surface area contributed by atoms with E-state index in [4.69, 9.17) is 5.73 Å². The van der Waals surface area contributed by atoms with E-state index in [0.717, 1.165) is 0 Å². The van der Waals surface area contributed by atoms with Gasteiger partial charge in [0.25, 0.3) is 0 Å². The van der Waals surface area contributed by atoms with Crippen LogP contribution in [0.5, 0.6) is 0 Å². The Morgan fingerprint density at radius 1 is 1.60 bits per heavy atom. The van der Waals surface area contributed by atoms with Crippen molar-refractivity contribution in [3.8, 4) is 0 Å². The number of carbonyl (C=O) groups excluding carboxylic acids is 1. The minimum atomic E-state index is -0.563. The third-order valence-corrected chi connectivity index (χ3v) is 0.424. The van der Waals surface area contributed by atoms with Crippen molar-refractivity contribution in [2.45, 2.75) is 13.8 Å². The molecule has 0 rings (SSSR count). The summed E-state index contributed by atoms with van der Waals surface area (Å²) in [6, 6.07) is -0.563. The van der Waals surface area contributed by atoms with Crippen LogP contribution in [0.1, 0.15) is 13.8 Å². The van der Waals surface area contributed by atoms with Crippen molar-refractivity contribution in [1.82, 2.24) is 5.32 Å². The van der Waals surface area contributed by atoms with Gasteiger partial charge in [-0.2, -0.15) is 0 Å². The molecular weight excluding hydrogens is 207 g/mol. The van der Waals surface area contributed by atoms with Crippen molar-refractivity contribution in [3.05, 3.63) is 5.73 Å². The molecule has 0 saturated heterocycles. The van der Waals surface area contributed by atoms with Crippen molar-refractivity contribution < 1.29 is 37.5 Å². The van der Waals surface area contributed by atoms with Crippen LogP contribution in [0.3, 0.4) is 0 Å². The van der Waals surface area contributed by atoms with Gasteiger partial charge in [0.05, 0.1) is 0 Å². The van der Waals surface area contributed by atoms with E-state index in [1.54, 1.807) is 0 Å². The summed E-state index contributed by atoms with van der Waals surface area (Å²) >= 11 is 0. The molecular formula is C5H14N3OY-. The van der Waals surface area contributed by atoms with Crippen LogP contribution < -0.4 is 11.1 Å². The molecule has 0 aromatic rings. The Morgan fingerprint density at radius 3 is 2.10 bits per heavy atom. The molecule has 0 heterocycles. The minimum Gasteiger partial charge on any atom is -0.676 e. The maximum atomic E-state index is 9.79. The monoisotopic (exact) mass is 221 g/mol. The van der Waals surface area contributed by atoms with Gasteiger partial charge in [-0.25, -0.2) is 4.79 Å². The van der Waals surface area contributed by atoms with Gasteiger partial charge in [0.15, 0.2) is 0 Å². The van der Waals surface area contributed by atoms with Crippen LogP contribution >= 0.6 is 0 Å². The Kier molecular flexibility index (Phi) is 27.0. The molecule has 0 fully saturated rings. The van der Waals surface area contributed by atoms with Crippen molar-refractivity contribution >= 4 is 6.03 Å². The van der Waals surface area contributed by atoms with Crippen molar-refractivity contribution in [1.29, 1.82) is 0 Å². The molecule has 4 N–H and O–H groups in total. The number of carbonyl (C=O) groups is 1. The molecule has 0 spiro atoms. The summed E-state index contributed by atoms with van der Waals surface area (Å²) in [5, 5.41) is 2.25. The van der Waals surface area contributed by atoms with Gasteiger partial charge in [0, 0.05) is 39.3 Å². The first-order valence-electron chi connectivity index (χ1n) is 2.95. The summed E-state index contributed by atoms with van der Waals surface area (Å²) < 4.78 is 0. The zero-order valence-corrected chi connectivity index (χ0v) is 9.32. The van der Waals surface area contributed by atoms with Crippen LogP contribution in [0.25, 0.3) is 5.73 Å². The molecule has 2 amide bonds. The third-order valence-electron chi connectivity index (χ3n) is 0.424. The normalized spacial score (nSPS) is 6.30. The molecule has 0 aliphatic carbocycles. The predicted molar refractivity (Wildman–Crippen MR) is 38.1 cm³/mol. The van der Waals surface area contributed by atoms with Crippen LogP contribution in [0.15, 0.2) is 0 Å². The fraction of sp³-hybridized carbons (Fsp3) is 0.800. The summed E-state index contributed by atoms with van der Waals surface area (Å²) in [6.07, 6.45) is 0. The van der Waals surface area contributed by atoms with Crippen LogP contribution in [-0.4, -0.2) is 19.1 Å². The van der Waals surface area contributed by atoms with Gasteiger partial charge in [-0.3, -0.25) is 0 Å². The van der Waals surface area contributed by atoms with E-state index < -0.39 is 6.03 Å². The Hall–Kier alpha value is 0.334. The molecule has 5 heteroatoms. The smallest absolute Gasteiger partial charge is 0.312 e. The molecule has 4 nitrogen and oxygen atoms in total. The number of hydrogen-bond acceptors (Lipinski definition) is 1. The fourth-order valence-corrected chi connectivity index (χ4v) is 0.186. The Morgan fingerprint density at radius 2 is 2.00 bits per heavy atom. The van der Waals surface area contributed by atoms with E-state index in [1.807, 2.05) is 13.8 Å². The second-order valence-corrected chi connectivity index (χ2v) is 1.04. The predicted octanol–water partition coefficient (Wildman–Crippen LogP) is 0.731. The van der Waals surface area contributed by atoms with Gasteiger partial charge >= 0.3 is 6.03 Å². The summed E-state index contributed by atoms with van der Waals surface area (Å²) in [6.45, 7) is 4.53. The molecule has 10 heavy (non-hydrogen) atoms. The topological polar surface area (TPSA) is 78.9 Å². The Labute approximate surface area is 87.0 Å². The number of nitrogens with two attached hydrogens (primary N) is 1. The number of primary amides is 1. The fourth-order valence-electron chi connectivity index (χ4n) is 0.186. The van der Waals surface area contributed by atoms with Crippen LogP contribution in [0.2, 0.25) is 0 Å². The molecule has 0 atom stereocenters. The summed E-state index contributed by atoms with van der Waals surface area (Å²) in [7, 11) is 0. The van der Waals surface area contributed by atoms with Gasteiger partial charge in [0.2, 0.25) is 0 Å². The van der Waals surface area contributed by atoms with Gasteiger partial charge in [0.1, 0.15) is 0 Å². The molecule has 0 aromatic carbocycles. The quantitative estimate of drug-likeness (QED) is 0.708. The number of nitrogens with one attached hydrogen (secondary N) is 2. The maximum Gasteiger partial charge on any atom is 0.312 e. The van der Waals surface area contributed by atoms with E-state index in [9.17, 15) is 4.79 Å². The molecule has 0 bridgehead atoms. The average molecular weight is 221 g/mol. The van der Waals surface area contributed by atoms with E-state index in [0.29, 0.717) is 6.54 Å². The maximum absolute atomic E-state index is 9.79. The number of urea groups is 1. The second kappa shape index (κ2) is 16.2. The van der Waals surface area contributed by atoms with Crippen LogP contribution in [-0.2, 0) is 32.7 Å². The molecule has 0 aromatic heterocycles. The molecule has 0 saturated carbocycles. The van der Waals surface area contributed by atoms with Crippen LogP contribution in [0.4, 0.5) is 4.79 Å². The molecule has 1 radical (unpaired) electrons. The van der Waals surface area contributed by atoms with E-state index in [2.05, 4.69) is 11.1 Å². The number of rotatable bonds is 2. The largest absolute Gasteiger partial charge is 0.676 e. The first kappa shape index (κ1) is 16.7. The standard InChI is InChI=1S/C3H8N3O.C2H6.Y/c4-1-2-6-3(5)7;1-2;/h4H,1-2H2,(H3,5,6,7);1-2H3;/q-1;;. The average Bonchev–Trinajstić information content (AvgIpc) is 1.88. The first-order valence-corrected chi connectivity index (χ1v) is 2.95. The van der Waals surface area contributed by atoms with Crippen molar-refractivity contribution in [2.24, 2.45) is 5.73 Å². The van der Waals surface area contributed by atoms with Crippen molar-refractivity contribution in [2.75, 3.05) is 13.1 Å². The van der Waals surface area contributed by atoms with E-state index in [-0.39, 0.29) is 39.3 Å². The number of hydrogen-bond donors (Lipinski definition) is 2. The second-order valence-electron chi connectivity index (χ2n) is 1.04. The third kappa shape index (κ3) is 23.9. The van der Waals surface area contributed by atoms with Crippen molar-refractivity contribution in [3.63, 3.8) is 0 Å². The Bertz CT molecular complexity index is 69.9. The van der Waals surface area contributed by atoms with Gasteiger partial charge < -0.3 is 16.8 Å². The van der Waals surface area contributed by atoms with E-state index >= 15 is 0 Å². The molecule has 0 unspecified atom stereocenters. The van der Waals surface area contributed by atoms with Gasteiger partial charge in [-0.15, -0.1) is 6.54 Å². The van der Waals surface area contributed by atoms with E-state index in [1.165, 1.54) is 0 Å².